The molecule has 2 atom stereocenters. The Kier molecular flexibility index (Phi) is 4.46. The second kappa shape index (κ2) is 5.86. The van der Waals surface area contributed by atoms with E-state index in [2.05, 4.69) is 20.0 Å². The summed E-state index contributed by atoms with van der Waals surface area (Å²) in [5.41, 5.74) is 7.80. The van der Waals surface area contributed by atoms with Gasteiger partial charge in [-0.2, -0.15) is 0 Å². The molecule has 0 fully saturated rings. The number of aromatic nitrogens is 2. The number of H-pyrrole nitrogens is 1. The van der Waals surface area contributed by atoms with Crippen molar-refractivity contribution in [1.29, 1.82) is 0 Å². The third-order valence-electron chi connectivity index (χ3n) is 1.95. The van der Waals surface area contributed by atoms with E-state index in [-0.39, 0.29) is 24.2 Å². The minimum atomic E-state index is -1.22. The first-order chi connectivity index (χ1) is 7.65. The topological polar surface area (TPSA) is 135 Å². The second-order valence-electron chi connectivity index (χ2n) is 3.09. The van der Waals surface area contributed by atoms with Crippen molar-refractivity contribution in [3.63, 3.8) is 0 Å². The average Bonchev–Trinajstić information content (AvgIpc) is 2.29. The highest BCUT2D eigenvalue weighted by atomic mass is 16.3. The number of aliphatic hydroxyl groups excluding tert-OH is 2. The van der Waals surface area contributed by atoms with Gasteiger partial charge in [0.25, 0.3) is 5.56 Å². The van der Waals surface area contributed by atoms with Crippen molar-refractivity contribution in [2.45, 2.75) is 18.6 Å². The molecule has 0 aromatic carbocycles. The molecule has 8 nitrogen and oxygen atoms in total. The molecule has 0 aliphatic heterocycles. The van der Waals surface area contributed by atoms with Gasteiger partial charge in [-0.15, -0.1) is 0 Å². The summed E-state index contributed by atoms with van der Waals surface area (Å²) < 4.78 is 0. The van der Waals surface area contributed by atoms with Crippen LogP contribution in [-0.4, -0.2) is 32.8 Å². The van der Waals surface area contributed by atoms with Gasteiger partial charge in [-0.25, -0.2) is 0 Å². The van der Waals surface area contributed by atoms with Crippen LogP contribution in [0.5, 0.6) is 0 Å². The Labute approximate surface area is 90.2 Å². The average molecular weight is 225 g/mol. The van der Waals surface area contributed by atoms with Crippen molar-refractivity contribution in [3.8, 4) is 0 Å². The van der Waals surface area contributed by atoms with Gasteiger partial charge in [0, 0.05) is 17.7 Å². The molecule has 1 aromatic rings. The van der Waals surface area contributed by atoms with E-state index in [0.717, 1.165) is 6.20 Å². The van der Waals surface area contributed by atoms with Gasteiger partial charge >= 0.3 is 0 Å². The highest BCUT2D eigenvalue weighted by molar-refractivity contribution is 5.01. The van der Waals surface area contributed by atoms with Crippen molar-refractivity contribution in [1.82, 2.24) is 9.97 Å². The van der Waals surface area contributed by atoms with Crippen LogP contribution in [-0.2, 0) is 0 Å². The number of aromatic amines is 1. The maximum Gasteiger partial charge on any atom is 0.266 e. The second-order valence-corrected chi connectivity index (χ2v) is 3.09. The fourth-order valence-corrected chi connectivity index (χ4v) is 1.10. The highest BCUT2D eigenvalue weighted by Gasteiger charge is 2.18. The molecule has 0 radical (unpaired) electrons. The number of rotatable bonds is 5. The Morgan fingerprint density at radius 2 is 2.38 bits per heavy atom. The molecule has 0 aliphatic carbocycles. The van der Waals surface area contributed by atoms with Crippen LogP contribution in [0.25, 0.3) is 10.4 Å². The fraction of sp³-hybridized carbons (Fsp3) is 0.500. The van der Waals surface area contributed by atoms with Gasteiger partial charge in [-0.1, -0.05) is 5.11 Å². The van der Waals surface area contributed by atoms with E-state index < -0.39 is 12.2 Å². The number of azide groups is 1. The smallest absolute Gasteiger partial charge is 0.266 e. The van der Waals surface area contributed by atoms with Gasteiger partial charge < -0.3 is 15.2 Å². The van der Waals surface area contributed by atoms with E-state index >= 15 is 0 Å². The zero-order chi connectivity index (χ0) is 12.0. The molecule has 8 heteroatoms. The summed E-state index contributed by atoms with van der Waals surface area (Å²) in [7, 11) is 0. The third-order valence-corrected chi connectivity index (χ3v) is 1.95. The number of hydrogen-bond acceptors (Lipinski definition) is 5. The van der Waals surface area contributed by atoms with Crippen LogP contribution in [0.4, 0.5) is 0 Å². The fourth-order valence-electron chi connectivity index (χ4n) is 1.10. The van der Waals surface area contributed by atoms with Crippen LogP contribution in [0, 0.1) is 0 Å². The molecule has 1 heterocycles. The number of nitrogens with one attached hydrogen (secondary N) is 1. The lowest BCUT2D eigenvalue weighted by molar-refractivity contribution is 0.0122. The molecule has 86 valence electrons. The number of nitrogens with zero attached hydrogens (tertiary/aromatic N) is 4. The minimum Gasteiger partial charge on any atom is -0.390 e. The van der Waals surface area contributed by atoms with Gasteiger partial charge in [-0.3, -0.25) is 9.78 Å². The summed E-state index contributed by atoms with van der Waals surface area (Å²) in [5, 5.41) is 22.3. The Morgan fingerprint density at radius 1 is 1.62 bits per heavy atom. The largest absolute Gasteiger partial charge is 0.390 e. The van der Waals surface area contributed by atoms with Crippen molar-refractivity contribution in [2.75, 3.05) is 6.54 Å². The van der Waals surface area contributed by atoms with E-state index in [4.69, 9.17) is 5.53 Å². The Balaban J connectivity index is 2.62. The van der Waals surface area contributed by atoms with Crippen LogP contribution >= 0.6 is 0 Å². The van der Waals surface area contributed by atoms with Gasteiger partial charge in [0.05, 0.1) is 18.0 Å². The summed E-state index contributed by atoms with van der Waals surface area (Å²) in [6.07, 6.45) is 0.0452. The van der Waals surface area contributed by atoms with E-state index in [1.807, 2.05) is 0 Å². The summed E-state index contributed by atoms with van der Waals surface area (Å²) in [5.74, 6) is 0. The van der Waals surface area contributed by atoms with E-state index in [1.54, 1.807) is 0 Å². The predicted molar refractivity (Wildman–Crippen MR) is 54.5 cm³/mol. The molecule has 0 amide bonds. The minimum absolute atomic E-state index is 0.0814. The van der Waals surface area contributed by atoms with Crippen LogP contribution in [0.15, 0.2) is 22.3 Å². The van der Waals surface area contributed by atoms with Gasteiger partial charge in [-0.05, 0) is 12.0 Å². The molecule has 1 rings (SSSR count). The monoisotopic (exact) mass is 225 g/mol. The van der Waals surface area contributed by atoms with Crippen molar-refractivity contribution in [2.24, 2.45) is 5.11 Å². The number of aliphatic hydroxyl groups is 2. The molecular formula is C8H11N5O3. The lowest BCUT2D eigenvalue weighted by Crippen LogP contribution is -2.21. The molecule has 2 unspecified atom stereocenters. The van der Waals surface area contributed by atoms with Crippen molar-refractivity contribution >= 4 is 0 Å². The first-order valence-corrected chi connectivity index (χ1v) is 4.56. The Hall–Kier alpha value is -1.89. The van der Waals surface area contributed by atoms with Crippen LogP contribution < -0.4 is 5.56 Å². The normalized spacial score (nSPS) is 13.9. The molecule has 3 N–H and O–H groups in total. The predicted octanol–water partition coefficient (Wildman–Crippen LogP) is -0.135. The molecule has 0 spiro atoms. The summed E-state index contributed by atoms with van der Waals surface area (Å²) in [4.78, 5) is 19.2. The van der Waals surface area contributed by atoms with Crippen LogP contribution in [0.3, 0.4) is 0 Å². The Morgan fingerprint density at radius 3 is 2.94 bits per heavy atom. The first kappa shape index (κ1) is 12.2. The first-order valence-electron chi connectivity index (χ1n) is 4.56. The molecule has 0 bridgehead atoms. The molecular weight excluding hydrogens is 214 g/mol. The van der Waals surface area contributed by atoms with E-state index in [9.17, 15) is 15.0 Å². The van der Waals surface area contributed by atoms with Gasteiger partial charge in [0.2, 0.25) is 0 Å². The zero-order valence-corrected chi connectivity index (χ0v) is 8.32. The quantitative estimate of drug-likeness (QED) is 0.365. The number of hydrogen-bond donors (Lipinski definition) is 3. The molecule has 0 saturated carbocycles. The third kappa shape index (κ3) is 3.35. The summed E-state index contributed by atoms with van der Waals surface area (Å²) in [6.45, 7) is 0.0814. The standard InChI is InChI=1S/C8H11N5O3/c9-13-12-2-1-6(14)8(16)5-3-11-7(15)4-10-5/h3-4,6,8,14,16H,1-2H2,(H,11,15). The molecule has 0 saturated heterocycles. The molecule has 0 aliphatic rings. The summed E-state index contributed by atoms with van der Waals surface area (Å²) >= 11 is 0. The highest BCUT2D eigenvalue weighted by Crippen LogP contribution is 2.14. The lowest BCUT2D eigenvalue weighted by Gasteiger charge is -2.15. The van der Waals surface area contributed by atoms with Crippen molar-refractivity contribution < 1.29 is 10.2 Å². The maximum atomic E-state index is 10.7. The maximum absolute atomic E-state index is 10.7. The van der Waals surface area contributed by atoms with Crippen LogP contribution in [0.2, 0.25) is 0 Å². The molecule has 16 heavy (non-hydrogen) atoms. The lowest BCUT2D eigenvalue weighted by atomic mass is 10.1. The SMILES string of the molecule is [N-]=[N+]=NCCC(O)C(O)c1c[nH]c(=O)cn1. The Bertz CT molecular complexity index is 419. The van der Waals surface area contributed by atoms with E-state index in [1.165, 1.54) is 6.20 Å². The van der Waals surface area contributed by atoms with Gasteiger partial charge in [0.1, 0.15) is 6.10 Å². The zero-order valence-electron chi connectivity index (χ0n) is 8.32. The van der Waals surface area contributed by atoms with Crippen LogP contribution in [0.1, 0.15) is 18.2 Å². The summed E-state index contributed by atoms with van der Waals surface area (Å²) in [6, 6.07) is 0. The van der Waals surface area contributed by atoms with Crippen molar-refractivity contribution in [3.05, 3.63) is 38.9 Å². The van der Waals surface area contributed by atoms with Gasteiger partial charge in [0.15, 0.2) is 0 Å². The molecule has 1 aromatic heterocycles. The van der Waals surface area contributed by atoms with E-state index in [0.29, 0.717) is 0 Å².